The largest absolute Gasteiger partial charge is 0.371 e. The van der Waals surface area contributed by atoms with Crippen molar-refractivity contribution in [2.45, 2.75) is 32.1 Å². The van der Waals surface area contributed by atoms with Gasteiger partial charge in [-0.15, -0.1) is 11.8 Å². The van der Waals surface area contributed by atoms with Gasteiger partial charge in [0, 0.05) is 38.1 Å². The molecular formula is C22H28N2OS. The number of anilines is 1. The van der Waals surface area contributed by atoms with E-state index in [1.807, 2.05) is 11.9 Å². The van der Waals surface area contributed by atoms with E-state index in [1.165, 1.54) is 35.2 Å². The summed E-state index contributed by atoms with van der Waals surface area (Å²) in [5.41, 5.74) is 5.08. The summed E-state index contributed by atoms with van der Waals surface area (Å²) in [6, 6.07) is 17.0. The maximum absolute atomic E-state index is 12.5. The van der Waals surface area contributed by atoms with E-state index >= 15 is 0 Å². The Balaban J connectivity index is 1.52. The van der Waals surface area contributed by atoms with Crippen LogP contribution in [0.4, 0.5) is 5.69 Å². The van der Waals surface area contributed by atoms with Crippen molar-refractivity contribution >= 4 is 23.4 Å². The highest BCUT2D eigenvalue weighted by molar-refractivity contribution is 7.99. The van der Waals surface area contributed by atoms with Crippen molar-refractivity contribution in [3.63, 3.8) is 0 Å². The van der Waals surface area contributed by atoms with Crippen LogP contribution in [0.1, 0.15) is 29.5 Å². The maximum atomic E-state index is 12.5. The second-order valence-corrected chi connectivity index (χ2v) is 8.04. The molecule has 1 saturated heterocycles. The fourth-order valence-corrected chi connectivity index (χ4v) is 4.23. The highest BCUT2D eigenvalue weighted by Gasteiger charge is 2.17. The molecule has 26 heavy (non-hydrogen) atoms. The van der Waals surface area contributed by atoms with Crippen molar-refractivity contribution in [2.24, 2.45) is 0 Å². The van der Waals surface area contributed by atoms with Crippen LogP contribution in [0.25, 0.3) is 0 Å². The molecule has 4 heteroatoms. The first kappa shape index (κ1) is 18.8. The number of para-hydroxylation sites is 1. The Bertz CT molecular complexity index is 723. The normalized spacial score (nSPS) is 13.8. The molecule has 0 aliphatic carbocycles. The molecule has 2 aromatic rings. The molecule has 0 atom stereocenters. The minimum atomic E-state index is 0.193. The molecule has 1 heterocycles. The molecule has 0 N–H and O–H groups in total. The van der Waals surface area contributed by atoms with Crippen molar-refractivity contribution in [1.29, 1.82) is 0 Å². The van der Waals surface area contributed by atoms with E-state index in [0.29, 0.717) is 12.3 Å². The second-order valence-electron chi connectivity index (χ2n) is 7.05. The van der Waals surface area contributed by atoms with Gasteiger partial charge < -0.3 is 9.80 Å². The standard InChI is InChI=1S/C22H28N2OS/c1-18-9-11-19(12-10-18)16-26-17-22(25)23(2)15-20-7-3-4-8-21(20)24-13-5-6-14-24/h3-4,7-12H,5-6,13-17H2,1-2H3. The number of hydrogen-bond donors (Lipinski definition) is 0. The first-order chi connectivity index (χ1) is 12.6. The molecule has 0 unspecified atom stereocenters. The molecule has 1 aliphatic heterocycles. The number of nitrogens with zero attached hydrogens (tertiary/aromatic N) is 2. The Hall–Kier alpha value is -1.94. The van der Waals surface area contributed by atoms with Gasteiger partial charge in [0.1, 0.15) is 0 Å². The average Bonchev–Trinajstić information content (AvgIpc) is 3.18. The molecule has 0 radical (unpaired) electrons. The fraction of sp³-hybridized carbons (Fsp3) is 0.409. The van der Waals surface area contributed by atoms with Gasteiger partial charge in [0.25, 0.3) is 0 Å². The Labute approximate surface area is 161 Å². The van der Waals surface area contributed by atoms with Gasteiger partial charge in [0.15, 0.2) is 0 Å². The van der Waals surface area contributed by atoms with E-state index in [1.54, 1.807) is 11.8 Å². The lowest BCUT2D eigenvalue weighted by atomic mass is 10.1. The van der Waals surface area contributed by atoms with Crippen LogP contribution in [0.5, 0.6) is 0 Å². The third-order valence-corrected chi connectivity index (χ3v) is 5.88. The van der Waals surface area contributed by atoms with Gasteiger partial charge in [-0.2, -0.15) is 0 Å². The van der Waals surface area contributed by atoms with E-state index < -0.39 is 0 Å². The first-order valence-corrected chi connectivity index (χ1v) is 10.5. The minimum Gasteiger partial charge on any atom is -0.371 e. The SMILES string of the molecule is Cc1ccc(CSCC(=O)N(C)Cc2ccccc2N2CCCC2)cc1. The van der Waals surface area contributed by atoms with Crippen molar-refractivity contribution in [3.8, 4) is 0 Å². The fourth-order valence-electron chi connectivity index (χ4n) is 3.31. The summed E-state index contributed by atoms with van der Waals surface area (Å²) in [6.07, 6.45) is 2.53. The molecule has 2 aromatic carbocycles. The molecule has 3 rings (SSSR count). The van der Waals surface area contributed by atoms with Crippen LogP contribution in [-0.4, -0.2) is 36.7 Å². The average molecular weight is 369 g/mol. The van der Waals surface area contributed by atoms with Crippen molar-refractivity contribution in [1.82, 2.24) is 4.90 Å². The zero-order chi connectivity index (χ0) is 18.4. The van der Waals surface area contributed by atoms with Gasteiger partial charge in [-0.3, -0.25) is 4.79 Å². The number of hydrogen-bond acceptors (Lipinski definition) is 3. The summed E-state index contributed by atoms with van der Waals surface area (Å²) >= 11 is 1.69. The molecule has 0 aromatic heterocycles. The van der Waals surface area contributed by atoms with Gasteiger partial charge in [-0.05, 0) is 37.0 Å². The Morgan fingerprint density at radius 3 is 2.50 bits per heavy atom. The summed E-state index contributed by atoms with van der Waals surface area (Å²) in [6.45, 7) is 5.02. The first-order valence-electron chi connectivity index (χ1n) is 9.33. The van der Waals surface area contributed by atoms with Gasteiger partial charge in [-0.25, -0.2) is 0 Å². The van der Waals surface area contributed by atoms with Crippen LogP contribution < -0.4 is 4.90 Å². The summed E-state index contributed by atoms with van der Waals surface area (Å²) in [5, 5.41) is 0. The van der Waals surface area contributed by atoms with Crippen molar-refractivity contribution < 1.29 is 4.79 Å². The quantitative estimate of drug-likeness (QED) is 0.719. The zero-order valence-electron chi connectivity index (χ0n) is 15.8. The van der Waals surface area contributed by atoms with Gasteiger partial charge in [0.2, 0.25) is 5.91 Å². The number of carbonyl (C=O) groups excluding carboxylic acids is 1. The smallest absolute Gasteiger partial charge is 0.232 e. The van der Waals surface area contributed by atoms with E-state index in [4.69, 9.17) is 0 Å². The number of thioether (sulfide) groups is 1. The molecule has 1 aliphatic rings. The number of amides is 1. The summed E-state index contributed by atoms with van der Waals surface area (Å²) in [4.78, 5) is 16.8. The third-order valence-electron chi connectivity index (χ3n) is 4.89. The number of aryl methyl sites for hydroxylation is 1. The highest BCUT2D eigenvalue weighted by atomic mass is 32.2. The highest BCUT2D eigenvalue weighted by Crippen LogP contribution is 2.25. The molecular weight excluding hydrogens is 340 g/mol. The summed E-state index contributed by atoms with van der Waals surface area (Å²) < 4.78 is 0. The number of carbonyl (C=O) groups is 1. The zero-order valence-corrected chi connectivity index (χ0v) is 16.6. The van der Waals surface area contributed by atoms with Crippen LogP contribution in [0.2, 0.25) is 0 Å². The summed E-state index contributed by atoms with van der Waals surface area (Å²) in [5.74, 6) is 1.60. The molecule has 1 amide bonds. The van der Waals surface area contributed by atoms with E-state index in [9.17, 15) is 4.79 Å². The molecule has 3 nitrogen and oxygen atoms in total. The number of rotatable bonds is 7. The predicted molar refractivity (Wildman–Crippen MR) is 112 cm³/mol. The van der Waals surface area contributed by atoms with Crippen LogP contribution in [0, 0.1) is 6.92 Å². The lowest BCUT2D eigenvalue weighted by Crippen LogP contribution is -2.29. The lowest BCUT2D eigenvalue weighted by Gasteiger charge is -2.24. The second kappa shape index (κ2) is 9.13. The van der Waals surface area contributed by atoms with Crippen LogP contribution in [-0.2, 0) is 17.1 Å². The Morgan fingerprint density at radius 2 is 1.77 bits per heavy atom. The third kappa shape index (κ3) is 5.04. The monoisotopic (exact) mass is 368 g/mol. The Kier molecular flexibility index (Phi) is 6.62. The molecule has 0 spiro atoms. The minimum absolute atomic E-state index is 0.193. The van der Waals surface area contributed by atoms with Crippen molar-refractivity contribution in [3.05, 3.63) is 65.2 Å². The molecule has 0 saturated carbocycles. The predicted octanol–water partition coefficient (Wildman–Crippen LogP) is 4.49. The van der Waals surface area contributed by atoms with Gasteiger partial charge in [-0.1, -0.05) is 48.0 Å². The van der Waals surface area contributed by atoms with Crippen molar-refractivity contribution in [2.75, 3.05) is 30.8 Å². The van der Waals surface area contributed by atoms with Gasteiger partial charge >= 0.3 is 0 Å². The lowest BCUT2D eigenvalue weighted by molar-refractivity contribution is -0.127. The van der Waals surface area contributed by atoms with E-state index in [2.05, 4.69) is 60.4 Å². The van der Waals surface area contributed by atoms with Crippen LogP contribution in [0.15, 0.2) is 48.5 Å². The Morgan fingerprint density at radius 1 is 1.08 bits per heavy atom. The van der Waals surface area contributed by atoms with Gasteiger partial charge in [0.05, 0.1) is 5.75 Å². The molecule has 1 fully saturated rings. The maximum Gasteiger partial charge on any atom is 0.232 e. The van der Waals surface area contributed by atoms with Crippen LogP contribution >= 0.6 is 11.8 Å². The molecule has 0 bridgehead atoms. The number of benzene rings is 2. The van der Waals surface area contributed by atoms with E-state index in [0.717, 1.165) is 18.8 Å². The van der Waals surface area contributed by atoms with E-state index in [-0.39, 0.29) is 5.91 Å². The van der Waals surface area contributed by atoms with Crippen LogP contribution in [0.3, 0.4) is 0 Å². The summed E-state index contributed by atoms with van der Waals surface area (Å²) in [7, 11) is 1.91. The molecule has 138 valence electrons. The topological polar surface area (TPSA) is 23.6 Å².